The fourth-order valence-corrected chi connectivity index (χ4v) is 13.5. The fraction of sp³-hybridized carbons (Fsp3) is 0.712. The maximum atomic E-state index is 13.9. The number of rotatable bonds is 44. The number of nitrogens with zero attached hydrogens (tertiary/aromatic N) is 10. The molecule has 2 aromatic carbocycles. The highest BCUT2D eigenvalue weighted by molar-refractivity contribution is 5.80. The number of halogens is 3. The Labute approximate surface area is 539 Å². The van der Waals surface area contributed by atoms with Crippen molar-refractivity contribution in [2.75, 3.05) is 165 Å². The molecule has 26 heteroatoms. The molecule has 510 valence electrons. The van der Waals surface area contributed by atoms with Gasteiger partial charge in [0.2, 0.25) is 17.6 Å². The molecule has 5 aliphatic rings. The van der Waals surface area contributed by atoms with Crippen LogP contribution in [0.5, 0.6) is 5.75 Å². The fourth-order valence-electron chi connectivity index (χ4n) is 13.5. The lowest BCUT2D eigenvalue weighted by Gasteiger charge is -2.80. The van der Waals surface area contributed by atoms with Gasteiger partial charge in [-0.2, -0.15) is 0 Å². The Morgan fingerprint density at radius 3 is 1.77 bits per heavy atom. The lowest BCUT2D eigenvalue weighted by Crippen LogP contribution is -2.85. The van der Waals surface area contributed by atoms with E-state index in [1.807, 2.05) is 21.8 Å². The van der Waals surface area contributed by atoms with Crippen LogP contribution >= 0.6 is 0 Å². The summed E-state index contributed by atoms with van der Waals surface area (Å²) in [5, 5.41) is 21.2. The molecule has 2 amide bonds. The molecule has 1 spiro atoms. The van der Waals surface area contributed by atoms with Crippen LogP contribution < -0.4 is 10.1 Å². The van der Waals surface area contributed by atoms with Gasteiger partial charge >= 0.3 is 5.97 Å². The molecule has 5 fully saturated rings. The summed E-state index contributed by atoms with van der Waals surface area (Å²) in [6, 6.07) is 13.0. The Kier molecular flexibility index (Phi) is 28.4. The number of hydrogen-bond donors (Lipinski definition) is 1. The topological polar surface area (TPSA) is 221 Å². The average molecular weight is 1290 g/mol. The number of piperidine rings is 3. The molecule has 0 radical (unpaired) electrons. The number of amides is 2. The number of nitrogens with one attached hydrogen (secondary N) is 1. The average Bonchev–Trinajstić information content (AvgIpc) is 0.782. The monoisotopic (exact) mass is 1290 g/mol. The van der Waals surface area contributed by atoms with E-state index in [2.05, 4.69) is 94.9 Å². The number of unbranched alkanes of at least 4 members (excludes halogenated alkanes) is 1. The van der Waals surface area contributed by atoms with E-state index in [-0.39, 0.29) is 50.0 Å². The second-order valence-corrected chi connectivity index (χ2v) is 24.9. The van der Waals surface area contributed by atoms with Gasteiger partial charge < -0.3 is 67.2 Å². The number of carbonyl (C=O) groups excluding carboxylic acids is 3. The molecule has 1 N–H and O–H groups in total. The molecule has 2 aromatic heterocycles. The summed E-state index contributed by atoms with van der Waals surface area (Å²) in [4.78, 5) is 48.8. The van der Waals surface area contributed by atoms with E-state index in [4.69, 9.17) is 37.9 Å². The Morgan fingerprint density at radius 2 is 1.21 bits per heavy atom. The highest BCUT2D eigenvalue weighted by atomic mass is 19.1. The van der Waals surface area contributed by atoms with E-state index in [1.54, 1.807) is 0 Å². The summed E-state index contributed by atoms with van der Waals surface area (Å²) in [6.45, 7) is 21.2. The predicted octanol–water partition coefficient (Wildman–Crippen LogP) is 6.14. The lowest BCUT2D eigenvalue weighted by atomic mass is 9.40. The zero-order valence-corrected chi connectivity index (χ0v) is 54.3. The second kappa shape index (κ2) is 37.0. The Bertz CT molecular complexity index is 2830. The van der Waals surface area contributed by atoms with Crippen molar-refractivity contribution in [2.45, 2.75) is 128 Å². The molecule has 2 saturated carbocycles. The number of carbonyl (C=O) groups is 3. The van der Waals surface area contributed by atoms with Crippen molar-refractivity contribution in [2.24, 2.45) is 11.3 Å². The Hall–Kier alpha value is -5.52. The summed E-state index contributed by atoms with van der Waals surface area (Å²) in [7, 11) is 0. The largest absolute Gasteiger partial charge is 0.420 e. The van der Waals surface area contributed by atoms with E-state index >= 15 is 0 Å². The number of esters is 1. The number of ether oxygens (including phenoxy) is 9. The van der Waals surface area contributed by atoms with Crippen LogP contribution in [-0.2, 0) is 65.2 Å². The van der Waals surface area contributed by atoms with Gasteiger partial charge in [-0.05, 0) is 76.8 Å². The van der Waals surface area contributed by atoms with Crippen LogP contribution in [0.3, 0.4) is 0 Å². The van der Waals surface area contributed by atoms with Crippen molar-refractivity contribution in [3.63, 3.8) is 0 Å². The molecular formula is C66H98F3N11O12. The highest BCUT2D eigenvalue weighted by Crippen LogP contribution is 2.73. The zero-order valence-electron chi connectivity index (χ0n) is 54.3. The van der Waals surface area contributed by atoms with Crippen molar-refractivity contribution in [1.82, 2.24) is 54.7 Å². The quantitative estimate of drug-likeness (QED) is 0.0298. The number of aryl methyl sites for hydroxylation is 2. The third kappa shape index (κ3) is 20.3. The first-order chi connectivity index (χ1) is 44.9. The van der Waals surface area contributed by atoms with Crippen LogP contribution in [0.15, 0.2) is 48.7 Å². The molecular weight excluding hydrogens is 1200 g/mol. The number of piperazine rings is 1. The minimum Gasteiger partial charge on any atom is -0.420 e. The summed E-state index contributed by atoms with van der Waals surface area (Å²) >= 11 is 0. The van der Waals surface area contributed by atoms with Gasteiger partial charge in [-0.15, -0.1) is 15.3 Å². The first kappa shape index (κ1) is 70.8. The minimum atomic E-state index is -1.30. The summed E-state index contributed by atoms with van der Waals surface area (Å²) in [5.41, 5.74) is 2.50. The summed E-state index contributed by atoms with van der Waals surface area (Å²) < 4.78 is 93.1. The molecule has 5 atom stereocenters. The Balaban J connectivity index is 0.505. The van der Waals surface area contributed by atoms with Gasteiger partial charge in [-0.3, -0.25) is 19.3 Å². The van der Waals surface area contributed by atoms with Crippen molar-refractivity contribution in [1.29, 1.82) is 0 Å². The SMILES string of the molecule is Cc1nnc(C(C)C)n1C1CC2N(CC[C@H](NC(=O)C3CCN(C(=O)CCN4CCN(CCCCc5cn(CCOCCOCCOCCOCCOCCOCCOCCOCCC(=O)Oc6c(F)cc(F)cc6F)nn5)CC4)CC3)c3ccccc3)C3CCC321. The molecule has 92 heavy (non-hydrogen) atoms. The van der Waals surface area contributed by atoms with Crippen LogP contribution in [-0.4, -0.2) is 244 Å². The van der Waals surface area contributed by atoms with Crippen LogP contribution in [0.2, 0.25) is 0 Å². The highest BCUT2D eigenvalue weighted by Gasteiger charge is 2.75. The van der Waals surface area contributed by atoms with Crippen molar-refractivity contribution < 1.29 is 70.2 Å². The third-order valence-electron chi connectivity index (χ3n) is 18.6. The van der Waals surface area contributed by atoms with Crippen molar-refractivity contribution in [3.8, 4) is 5.75 Å². The Morgan fingerprint density at radius 1 is 0.630 bits per heavy atom. The molecule has 4 aromatic rings. The first-order valence-corrected chi connectivity index (χ1v) is 33.5. The van der Waals surface area contributed by atoms with E-state index < -0.39 is 29.2 Å². The van der Waals surface area contributed by atoms with Crippen LogP contribution in [0.1, 0.15) is 119 Å². The van der Waals surface area contributed by atoms with Gasteiger partial charge in [0.25, 0.3) is 0 Å². The normalized spacial score (nSPS) is 20.6. The molecule has 3 aliphatic heterocycles. The number of likely N-dealkylation sites (tertiary alicyclic amines) is 2. The van der Waals surface area contributed by atoms with Gasteiger partial charge in [0.15, 0.2) is 11.6 Å². The lowest BCUT2D eigenvalue weighted by molar-refractivity contribution is -0.295. The van der Waals surface area contributed by atoms with Gasteiger partial charge in [0, 0.05) is 112 Å². The van der Waals surface area contributed by atoms with Crippen LogP contribution in [0.4, 0.5) is 13.2 Å². The summed E-state index contributed by atoms with van der Waals surface area (Å²) in [5.74, 6) is -2.85. The standard InChI is InChI=1S/C66H98F3N11O12/c1-49(2)64-73-71-50(3)80(64)60-47-59-66(60)18-12-58(66)79(59)23-15-57(51-9-5-4-6-10-51)70-65(83)52-13-21-77(22-14-52)61(81)16-20-76-26-24-75(25-27-76)19-8-7-11-54-48-78(74-72-54)28-30-85-32-34-87-36-38-89-40-42-91-44-43-90-41-39-88-37-35-86-33-31-84-29-17-62(82)92-63-55(68)45-53(67)46-56(63)69/h4-6,9-10,45-46,48-49,52,57-60H,7-8,11-44,47H2,1-3H3,(H,70,83)/t57-,58?,59?,60?,66?/m0/s1. The van der Waals surface area contributed by atoms with Crippen LogP contribution in [0.25, 0.3) is 0 Å². The number of aromatic nitrogens is 6. The molecule has 2 aliphatic carbocycles. The van der Waals surface area contributed by atoms with Gasteiger partial charge in [0.05, 0.1) is 130 Å². The van der Waals surface area contributed by atoms with E-state index in [0.717, 1.165) is 101 Å². The van der Waals surface area contributed by atoms with Crippen LogP contribution in [0, 0.1) is 35.7 Å². The molecule has 5 heterocycles. The third-order valence-corrected chi connectivity index (χ3v) is 18.6. The van der Waals surface area contributed by atoms with Crippen molar-refractivity contribution >= 4 is 17.8 Å². The predicted molar refractivity (Wildman–Crippen MR) is 333 cm³/mol. The molecule has 4 unspecified atom stereocenters. The molecule has 23 nitrogen and oxygen atoms in total. The van der Waals surface area contributed by atoms with Crippen molar-refractivity contribution in [3.05, 3.63) is 89.0 Å². The van der Waals surface area contributed by atoms with E-state index in [9.17, 15) is 27.6 Å². The minimum absolute atomic E-state index is 0.0416. The maximum Gasteiger partial charge on any atom is 0.313 e. The first-order valence-electron chi connectivity index (χ1n) is 33.5. The van der Waals surface area contributed by atoms with Gasteiger partial charge in [0.1, 0.15) is 17.5 Å². The maximum absolute atomic E-state index is 13.9. The number of hydrogen-bond acceptors (Lipinski definition) is 19. The molecule has 0 bridgehead atoms. The zero-order chi connectivity index (χ0) is 64.5. The summed E-state index contributed by atoms with van der Waals surface area (Å²) in [6.07, 6.45) is 11.2. The van der Waals surface area contributed by atoms with Gasteiger partial charge in [-0.25, -0.2) is 17.9 Å². The molecule has 3 saturated heterocycles. The van der Waals surface area contributed by atoms with Gasteiger partial charge in [-0.1, -0.05) is 49.4 Å². The molecule has 9 rings (SSSR count). The smallest absolute Gasteiger partial charge is 0.313 e. The second-order valence-electron chi connectivity index (χ2n) is 24.9. The van der Waals surface area contributed by atoms with E-state index in [1.165, 1.54) is 12.8 Å². The number of benzene rings is 2. The van der Waals surface area contributed by atoms with E-state index in [0.29, 0.717) is 166 Å².